The molecule has 2 atom stereocenters. The lowest BCUT2D eigenvalue weighted by molar-refractivity contribution is -0.137. The lowest BCUT2D eigenvalue weighted by atomic mass is 9.85. The summed E-state index contributed by atoms with van der Waals surface area (Å²) in [5.41, 5.74) is 0. The predicted molar refractivity (Wildman–Crippen MR) is 55.3 cm³/mol. The highest BCUT2D eigenvalue weighted by Crippen LogP contribution is 2.25. The minimum absolute atomic E-state index is 0.0000983. The van der Waals surface area contributed by atoms with Gasteiger partial charge in [0.2, 0.25) is 5.91 Å². The van der Waals surface area contributed by atoms with Gasteiger partial charge in [0, 0.05) is 19.6 Å². The predicted octanol–water partition coefficient (Wildman–Crippen LogP) is -0.216. The number of rotatable bonds is 1. The Labute approximate surface area is 89.2 Å². The van der Waals surface area contributed by atoms with Gasteiger partial charge in [0.15, 0.2) is 0 Å². The first kappa shape index (κ1) is 10.4. The zero-order valence-corrected chi connectivity index (χ0v) is 8.95. The molecule has 2 aliphatic rings. The van der Waals surface area contributed by atoms with Crippen molar-refractivity contribution in [2.45, 2.75) is 13.3 Å². The van der Waals surface area contributed by atoms with Gasteiger partial charge in [-0.25, -0.2) is 4.79 Å². The molecule has 2 N–H and O–H groups in total. The van der Waals surface area contributed by atoms with Crippen molar-refractivity contribution in [1.82, 2.24) is 15.5 Å². The minimum atomic E-state index is -0.237. The van der Waals surface area contributed by atoms with Gasteiger partial charge in [0.25, 0.3) is 0 Å². The molecule has 2 fully saturated rings. The second kappa shape index (κ2) is 4.18. The van der Waals surface area contributed by atoms with E-state index >= 15 is 0 Å². The summed E-state index contributed by atoms with van der Waals surface area (Å²) < 4.78 is 0. The fourth-order valence-corrected chi connectivity index (χ4v) is 2.36. The molecule has 0 aliphatic carbocycles. The number of nitrogens with one attached hydrogen (secondary N) is 2. The summed E-state index contributed by atoms with van der Waals surface area (Å²) in [6, 6.07) is -0.237. The molecular formula is C10H17N3O2. The van der Waals surface area contributed by atoms with Crippen LogP contribution in [0.3, 0.4) is 0 Å². The molecule has 5 heteroatoms. The highest BCUT2D eigenvalue weighted by molar-refractivity contribution is 5.96. The number of piperidine rings is 2. The van der Waals surface area contributed by atoms with Crippen molar-refractivity contribution in [3.8, 4) is 0 Å². The Bertz CT molecular complexity index is 280. The van der Waals surface area contributed by atoms with Crippen molar-refractivity contribution in [2.75, 3.05) is 26.2 Å². The molecule has 2 rings (SSSR count). The van der Waals surface area contributed by atoms with Crippen LogP contribution in [-0.4, -0.2) is 43.0 Å². The third kappa shape index (κ3) is 1.97. The zero-order chi connectivity index (χ0) is 10.8. The Morgan fingerprint density at radius 3 is 3.13 bits per heavy atom. The highest BCUT2D eigenvalue weighted by atomic mass is 16.2. The van der Waals surface area contributed by atoms with E-state index in [0.717, 1.165) is 13.0 Å². The van der Waals surface area contributed by atoms with Gasteiger partial charge in [0.05, 0.1) is 5.92 Å². The van der Waals surface area contributed by atoms with Crippen molar-refractivity contribution in [3.63, 3.8) is 0 Å². The average Bonchev–Trinajstić information content (AvgIpc) is 2.24. The van der Waals surface area contributed by atoms with Crippen LogP contribution < -0.4 is 10.6 Å². The van der Waals surface area contributed by atoms with Crippen LogP contribution in [0.2, 0.25) is 0 Å². The maximum absolute atomic E-state index is 11.9. The van der Waals surface area contributed by atoms with E-state index in [9.17, 15) is 9.59 Å². The van der Waals surface area contributed by atoms with Crippen molar-refractivity contribution < 1.29 is 9.59 Å². The molecule has 0 aromatic heterocycles. The molecule has 5 nitrogen and oxygen atoms in total. The quantitative estimate of drug-likeness (QED) is 0.630. The second-order valence-electron chi connectivity index (χ2n) is 4.24. The van der Waals surface area contributed by atoms with E-state index in [2.05, 4.69) is 10.6 Å². The van der Waals surface area contributed by atoms with Crippen molar-refractivity contribution in [1.29, 1.82) is 0 Å². The normalized spacial score (nSPS) is 30.2. The maximum atomic E-state index is 11.9. The van der Waals surface area contributed by atoms with Crippen molar-refractivity contribution >= 4 is 11.9 Å². The van der Waals surface area contributed by atoms with E-state index in [1.165, 1.54) is 4.90 Å². The molecule has 3 amide bonds. The average molecular weight is 211 g/mol. The number of hydrogen-bond acceptors (Lipinski definition) is 3. The van der Waals surface area contributed by atoms with Crippen LogP contribution in [0.1, 0.15) is 13.3 Å². The topological polar surface area (TPSA) is 61.4 Å². The number of likely N-dealkylation sites (tertiary alicyclic amines) is 1. The number of carbonyl (C=O) groups is 2. The minimum Gasteiger partial charge on any atom is -0.338 e. The summed E-state index contributed by atoms with van der Waals surface area (Å²) >= 11 is 0. The molecule has 2 unspecified atom stereocenters. The molecule has 0 aromatic rings. The van der Waals surface area contributed by atoms with Gasteiger partial charge in [-0.15, -0.1) is 0 Å². The van der Waals surface area contributed by atoms with Gasteiger partial charge in [-0.2, -0.15) is 0 Å². The SMILES string of the molecule is CCNC(=O)N1CC2CNCC(C2)C1=O. The van der Waals surface area contributed by atoms with E-state index in [-0.39, 0.29) is 17.9 Å². The van der Waals surface area contributed by atoms with Gasteiger partial charge in [-0.3, -0.25) is 9.69 Å². The second-order valence-corrected chi connectivity index (χ2v) is 4.24. The number of fused-ring (bicyclic) bond motifs is 2. The molecule has 0 aromatic carbocycles. The summed E-state index contributed by atoms with van der Waals surface area (Å²) in [4.78, 5) is 24.9. The van der Waals surface area contributed by atoms with Crippen LogP contribution in [-0.2, 0) is 4.79 Å². The van der Waals surface area contributed by atoms with Gasteiger partial charge < -0.3 is 10.6 Å². The Hall–Kier alpha value is -1.10. The van der Waals surface area contributed by atoms with E-state index < -0.39 is 0 Å². The Kier molecular flexibility index (Phi) is 2.90. The molecule has 15 heavy (non-hydrogen) atoms. The first-order valence-electron chi connectivity index (χ1n) is 5.52. The molecule has 84 valence electrons. The highest BCUT2D eigenvalue weighted by Gasteiger charge is 2.39. The van der Waals surface area contributed by atoms with Gasteiger partial charge in [-0.05, 0) is 25.8 Å². The van der Waals surface area contributed by atoms with Crippen LogP contribution in [0.5, 0.6) is 0 Å². The number of carbonyl (C=O) groups excluding carboxylic acids is 2. The fourth-order valence-electron chi connectivity index (χ4n) is 2.36. The van der Waals surface area contributed by atoms with E-state index in [0.29, 0.717) is 25.6 Å². The van der Waals surface area contributed by atoms with Crippen LogP contribution in [0, 0.1) is 11.8 Å². The molecule has 0 spiro atoms. The zero-order valence-electron chi connectivity index (χ0n) is 8.95. The summed E-state index contributed by atoms with van der Waals surface area (Å²) in [6.07, 6.45) is 0.932. The van der Waals surface area contributed by atoms with Crippen molar-refractivity contribution in [3.05, 3.63) is 0 Å². The van der Waals surface area contributed by atoms with Crippen LogP contribution >= 0.6 is 0 Å². The monoisotopic (exact) mass is 211 g/mol. The molecule has 0 saturated carbocycles. The summed E-state index contributed by atoms with van der Waals surface area (Å²) in [5, 5.41) is 5.91. The molecule has 0 radical (unpaired) electrons. The molecule has 2 aliphatic heterocycles. The van der Waals surface area contributed by atoms with E-state index in [1.54, 1.807) is 0 Å². The van der Waals surface area contributed by atoms with Gasteiger partial charge in [-0.1, -0.05) is 0 Å². The number of urea groups is 1. The number of amides is 3. The van der Waals surface area contributed by atoms with E-state index in [1.807, 2.05) is 6.92 Å². The molecule has 2 saturated heterocycles. The van der Waals surface area contributed by atoms with Crippen molar-refractivity contribution in [2.24, 2.45) is 11.8 Å². The first-order valence-corrected chi connectivity index (χ1v) is 5.52. The summed E-state index contributed by atoms with van der Waals surface area (Å²) in [7, 11) is 0. The number of nitrogens with zero attached hydrogens (tertiary/aromatic N) is 1. The lowest BCUT2D eigenvalue weighted by Crippen LogP contribution is -2.58. The molecule has 2 heterocycles. The van der Waals surface area contributed by atoms with Crippen LogP contribution in [0.4, 0.5) is 4.79 Å². The van der Waals surface area contributed by atoms with Gasteiger partial charge in [0.1, 0.15) is 0 Å². The Balaban J connectivity index is 2.06. The summed E-state index contributed by atoms with van der Waals surface area (Å²) in [6.45, 7) is 4.62. The first-order chi connectivity index (χ1) is 7.22. The largest absolute Gasteiger partial charge is 0.338 e. The number of hydrogen-bond donors (Lipinski definition) is 2. The Morgan fingerprint density at radius 1 is 1.60 bits per heavy atom. The third-order valence-electron chi connectivity index (χ3n) is 3.07. The smallest absolute Gasteiger partial charge is 0.324 e. The van der Waals surface area contributed by atoms with Crippen LogP contribution in [0.15, 0.2) is 0 Å². The third-order valence-corrected chi connectivity index (χ3v) is 3.07. The van der Waals surface area contributed by atoms with E-state index in [4.69, 9.17) is 0 Å². The Morgan fingerprint density at radius 2 is 2.40 bits per heavy atom. The van der Waals surface area contributed by atoms with Crippen LogP contribution in [0.25, 0.3) is 0 Å². The van der Waals surface area contributed by atoms with Gasteiger partial charge >= 0.3 is 6.03 Å². The maximum Gasteiger partial charge on any atom is 0.324 e. The standard InChI is InChI=1S/C10H17N3O2/c1-2-12-10(15)13-6-7-3-8(9(13)14)5-11-4-7/h7-8,11H,2-6H2,1H3,(H,12,15). The summed E-state index contributed by atoms with van der Waals surface area (Å²) in [5.74, 6) is 0.411. The fraction of sp³-hybridized carbons (Fsp3) is 0.800. The molecular weight excluding hydrogens is 194 g/mol. The lowest BCUT2D eigenvalue weighted by Gasteiger charge is -2.39. The number of imide groups is 1. The molecule has 2 bridgehead atoms.